The second-order valence-electron chi connectivity index (χ2n) is 14.5. The van der Waals surface area contributed by atoms with Crippen LogP contribution in [0.25, 0.3) is 0 Å². The molecular weight excluding hydrogens is 745 g/mol. The topological polar surface area (TPSA) is 116 Å². The third kappa shape index (κ3) is 4.84. The van der Waals surface area contributed by atoms with Crippen molar-refractivity contribution < 1.29 is 29.0 Å². The van der Waals surface area contributed by atoms with Gasteiger partial charge in [0, 0.05) is 12.0 Å². The number of ether oxygens (including phenoxy) is 1. The van der Waals surface area contributed by atoms with E-state index in [-0.39, 0.29) is 47.6 Å². The van der Waals surface area contributed by atoms with Gasteiger partial charge in [0.25, 0.3) is 11.8 Å². The van der Waals surface area contributed by atoms with E-state index >= 15 is 4.79 Å². The number of hydrogen-bond acceptors (Lipinski definition) is 7. The van der Waals surface area contributed by atoms with E-state index in [0.29, 0.717) is 26.8 Å². The standard InChI is InChI=1S/C40H40IN3O6/c1-22-13-15-25(16-14-22)42-44-37(47)30-21-29-27(17-18-28-33(29)38(48)43(36(28)46)26-11-7-4-8-12-26)34(23-19-31(41)35(45)32(20-23)50-2)40(30,39(44)49)24-9-5-3-6-10-24/h3,5-6,9-10,13-17,19-20,26,28-30,33-34,42,45H,4,7-8,11-12,18,21H2,1-2H3. The van der Waals surface area contributed by atoms with Crippen LogP contribution in [0.4, 0.5) is 5.69 Å². The van der Waals surface area contributed by atoms with E-state index in [2.05, 4.69) is 34.1 Å². The van der Waals surface area contributed by atoms with Gasteiger partial charge in [0.1, 0.15) is 0 Å². The average Bonchev–Trinajstić information content (AvgIpc) is 3.51. The Balaban J connectivity index is 1.33. The highest BCUT2D eigenvalue weighted by molar-refractivity contribution is 14.1. The van der Waals surface area contributed by atoms with E-state index in [1.54, 1.807) is 11.0 Å². The summed E-state index contributed by atoms with van der Waals surface area (Å²) in [6.45, 7) is 1.97. The number of rotatable bonds is 6. The number of imide groups is 2. The lowest BCUT2D eigenvalue weighted by atomic mass is 9.49. The molecule has 9 nitrogen and oxygen atoms in total. The molecule has 5 aliphatic rings. The van der Waals surface area contributed by atoms with Crippen LogP contribution in [-0.2, 0) is 24.6 Å². The number of allylic oxidation sites excluding steroid dienone is 2. The summed E-state index contributed by atoms with van der Waals surface area (Å²) in [5, 5.41) is 12.1. The summed E-state index contributed by atoms with van der Waals surface area (Å²) in [4.78, 5) is 60.3. The number of aryl methyl sites for hydroxylation is 1. The number of nitrogens with zero attached hydrogens (tertiary/aromatic N) is 2. The summed E-state index contributed by atoms with van der Waals surface area (Å²) in [5.74, 6) is -3.82. The third-order valence-electron chi connectivity index (χ3n) is 12.0. The lowest BCUT2D eigenvalue weighted by Gasteiger charge is -2.50. The van der Waals surface area contributed by atoms with Crippen LogP contribution < -0.4 is 10.2 Å². The Morgan fingerprint density at radius 3 is 2.32 bits per heavy atom. The van der Waals surface area contributed by atoms with Crippen molar-refractivity contribution in [2.45, 2.75) is 69.2 Å². The summed E-state index contributed by atoms with van der Waals surface area (Å²) < 4.78 is 6.17. The Kier molecular flexibility index (Phi) is 8.27. The largest absolute Gasteiger partial charge is 0.504 e. The average molecular weight is 786 g/mol. The number of likely N-dealkylation sites (tertiary alicyclic amines) is 1. The first-order valence-corrected chi connectivity index (χ1v) is 18.6. The fourth-order valence-electron chi connectivity index (χ4n) is 9.76. The van der Waals surface area contributed by atoms with Crippen LogP contribution in [-0.4, -0.2) is 51.8 Å². The zero-order valence-electron chi connectivity index (χ0n) is 28.1. The molecule has 3 aromatic rings. The zero-order valence-corrected chi connectivity index (χ0v) is 30.3. The van der Waals surface area contributed by atoms with Gasteiger partial charge in [-0.15, -0.1) is 0 Å². The van der Waals surface area contributed by atoms with E-state index in [1.165, 1.54) is 12.1 Å². The number of nitrogens with one attached hydrogen (secondary N) is 1. The first kappa shape index (κ1) is 33.0. The van der Waals surface area contributed by atoms with E-state index in [9.17, 15) is 19.5 Å². The van der Waals surface area contributed by atoms with Gasteiger partial charge in [-0.3, -0.25) is 29.5 Å². The first-order valence-electron chi connectivity index (χ1n) is 17.6. The maximum Gasteiger partial charge on any atom is 0.260 e. The number of methoxy groups -OCH3 is 1. The lowest BCUT2D eigenvalue weighted by Crippen LogP contribution is -2.53. The Morgan fingerprint density at radius 2 is 1.62 bits per heavy atom. The Bertz CT molecular complexity index is 1920. The molecule has 2 N–H and O–H groups in total. The molecule has 3 aliphatic carbocycles. The fourth-order valence-corrected chi connectivity index (χ4v) is 10.4. The van der Waals surface area contributed by atoms with Crippen LogP contribution in [0.1, 0.15) is 67.6 Å². The first-order chi connectivity index (χ1) is 24.2. The quantitative estimate of drug-likeness (QED) is 0.164. The number of phenolic OH excluding ortho intramolecular Hbond substituents is 1. The maximum absolute atomic E-state index is 15.3. The van der Waals surface area contributed by atoms with Gasteiger partial charge in [-0.2, -0.15) is 5.01 Å². The third-order valence-corrected chi connectivity index (χ3v) is 12.8. The van der Waals surface area contributed by atoms with Crippen molar-refractivity contribution in [2.75, 3.05) is 12.5 Å². The summed E-state index contributed by atoms with van der Waals surface area (Å²) in [6, 6.07) is 20.5. The van der Waals surface area contributed by atoms with Gasteiger partial charge >= 0.3 is 0 Å². The number of carbonyl (C=O) groups is 4. The molecular formula is C40H40IN3O6. The smallest absolute Gasteiger partial charge is 0.260 e. The minimum Gasteiger partial charge on any atom is -0.504 e. The predicted molar refractivity (Wildman–Crippen MR) is 195 cm³/mol. The van der Waals surface area contributed by atoms with Crippen LogP contribution in [0.2, 0.25) is 0 Å². The van der Waals surface area contributed by atoms with Gasteiger partial charge in [0.2, 0.25) is 11.8 Å². The van der Waals surface area contributed by atoms with Crippen molar-refractivity contribution in [2.24, 2.45) is 23.7 Å². The number of amides is 4. The molecule has 0 bridgehead atoms. The van der Waals surface area contributed by atoms with Crippen LogP contribution in [0.3, 0.4) is 0 Å². The number of phenols is 1. The monoisotopic (exact) mass is 785 g/mol. The Labute approximate surface area is 305 Å². The molecule has 0 radical (unpaired) electrons. The molecule has 3 aromatic carbocycles. The molecule has 50 heavy (non-hydrogen) atoms. The van der Waals surface area contributed by atoms with Gasteiger partial charge in [-0.25, -0.2) is 0 Å². The van der Waals surface area contributed by atoms with Crippen molar-refractivity contribution in [3.8, 4) is 11.5 Å². The number of fused-ring (bicyclic) bond motifs is 4. The molecule has 2 heterocycles. The number of halogens is 1. The summed E-state index contributed by atoms with van der Waals surface area (Å²) in [5.41, 5.74) is 5.70. The minimum absolute atomic E-state index is 0.0108. The number of anilines is 1. The molecule has 2 saturated heterocycles. The van der Waals surface area contributed by atoms with Gasteiger partial charge < -0.3 is 9.84 Å². The highest BCUT2D eigenvalue weighted by atomic mass is 127. The van der Waals surface area contributed by atoms with Gasteiger partial charge in [-0.1, -0.05) is 78.9 Å². The minimum atomic E-state index is -1.38. The summed E-state index contributed by atoms with van der Waals surface area (Å²) in [7, 11) is 1.49. The van der Waals surface area contributed by atoms with Crippen molar-refractivity contribution in [3.63, 3.8) is 0 Å². The maximum atomic E-state index is 15.3. The van der Waals surface area contributed by atoms with Crippen LogP contribution in [0.5, 0.6) is 11.5 Å². The summed E-state index contributed by atoms with van der Waals surface area (Å²) >= 11 is 2.06. The Hall–Kier alpha value is -4.19. The zero-order chi connectivity index (χ0) is 34.9. The van der Waals surface area contributed by atoms with E-state index in [0.717, 1.165) is 43.2 Å². The van der Waals surface area contributed by atoms with Gasteiger partial charge in [-0.05, 0) is 96.5 Å². The molecule has 258 valence electrons. The van der Waals surface area contributed by atoms with E-state index in [4.69, 9.17) is 4.74 Å². The van der Waals surface area contributed by atoms with Crippen molar-refractivity contribution >= 4 is 51.9 Å². The highest BCUT2D eigenvalue weighted by Crippen LogP contribution is 2.64. The molecule has 0 aromatic heterocycles. The van der Waals surface area contributed by atoms with Gasteiger partial charge in [0.05, 0.1) is 39.5 Å². The molecule has 4 amide bonds. The molecule has 8 rings (SSSR count). The normalized spacial score (nSPS) is 29.4. The Morgan fingerprint density at radius 1 is 0.900 bits per heavy atom. The van der Waals surface area contributed by atoms with Crippen molar-refractivity contribution in [1.82, 2.24) is 9.91 Å². The fraction of sp³-hybridized carbons (Fsp3) is 0.400. The summed E-state index contributed by atoms with van der Waals surface area (Å²) in [6.07, 6.45) is 7.45. The second-order valence-corrected chi connectivity index (χ2v) is 15.6. The number of hydrazine groups is 1. The number of hydrogen-bond donors (Lipinski definition) is 2. The molecule has 2 aliphatic heterocycles. The van der Waals surface area contributed by atoms with Crippen molar-refractivity contribution in [3.05, 3.63) is 98.6 Å². The molecule has 4 fully saturated rings. The van der Waals surface area contributed by atoms with E-state index < -0.39 is 35.0 Å². The number of aromatic hydroxyl groups is 1. The SMILES string of the molecule is COc1cc(C2C3=CCC4C(=O)N(C5CCCCC5)C(=O)C4C3CC3C(=O)N(Nc4ccc(C)cc4)C(=O)C32c2ccccc2)cc(I)c1O. The van der Waals surface area contributed by atoms with E-state index in [1.807, 2.05) is 67.6 Å². The predicted octanol–water partition coefficient (Wildman–Crippen LogP) is 6.63. The lowest BCUT2D eigenvalue weighted by molar-refractivity contribution is -0.144. The molecule has 2 saturated carbocycles. The van der Waals surface area contributed by atoms with Crippen LogP contribution >= 0.6 is 22.6 Å². The second kappa shape index (κ2) is 12.5. The number of carbonyl (C=O) groups excluding carboxylic acids is 4. The number of benzene rings is 3. The molecule has 6 atom stereocenters. The van der Waals surface area contributed by atoms with Crippen LogP contribution in [0, 0.1) is 34.2 Å². The van der Waals surface area contributed by atoms with Crippen LogP contribution in [0.15, 0.2) is 78.4 Å². The molecule has 10 heteroatoms. The molecule has 0 spiro atoms. The molecule has 6 unspecified atom stereocenters. The highest BCUT2D eigenvalue weighted by Gasteiger charge is 2.70. The van der Waals surface area contributed by atoms with Crippen molar-refractivity contribution in [1.29, 1.82) is 0 Å². The van der Waals surface area contributed by atoms with Gasteiger partial charge in [0.15, 0.2) is 11.5 Å².